The van der Waals surface area contributed by atoms with E-state index in [1.165, 1.54) is 4.90 Å². The molecular formula is C18H15ClN4O2. The molecule has 2 aromatic carbocycles. The van der Waals surface area contributed by atoms with Crippen molar-refractivity contribution in [3.05, 3.63) is 64.7 Å². The number of anilines is 1. The lowest BCUT2D eigenvalue weighted by Crippen LogP contribution is -2.39. The van der Waals surface area contributed by atoms with Crippen LogP contribution in [0.15, 0.2) is 58.9 Å². The van der Waals surface area contributed by atoms with Crippen molar-refractivity contribution in [2.45, 2.75) is 25.6 Å². The number of carbonyl (C=O) groups is 2. The maximum atomic E-state index is 12.9. The monoisotopic (exact) mass is 354 g/mol. The van der Waals surface area contributed by atoms with Crippen LogP contribution in [0.1, 0.15) is 11.1 Å². The highest BCUT2D eigenvalue weighted by molar-refractivity contribution is 6.31. The Morgan fingerprint density at radius 1 is 1.08 bits per heavy atom. The Kier molecular flexibility index (Phi) is 3.77. The number of rotatable bonds is 3. The van der Waals surface area contributed by atoms with Crippen LogP contribution in [-0.2, 0) is 16.1 Å². The van der Waals surface area contributed by atoms with Crippen LogP contribution in [0, 0.1) is 6.92 Å². The number of halogens is 1. The molecule has 25 heavy (non-hydrogen) atoms. The lowest BCUT2D eigenvalue weighted by Gasteiger charge is -2.20. The number of hydrogen-bond acceptors (Lipinski definition) is 5. The SMILES string of the molecule is Cc1cccc(CN2N=N[C@H]3C(=O)N(c4ccc(Cl)cc4)C(=O)[C@@H]32)c1. The molecule has 0 N–H and O–H groups in total. The lowest BCUT2D eigenvalue weighted by molar-refractivity contribution is -0.123. The summed E-state index contributed by atoms with van der Waals surface area (Å²) in [7, 11) is 0. The number of carbonyl (C=O) groups excluding carboxylic acids is 2. The number of nitrogens with zero attached hydrogens (tertiary/aromatic N) is 4. The van der Waals surface area contributed by atoms with Gasteiger partial charge in [-0.2, -0.15) is 5.11 Å². The van der Waals surface area contributed by atoms with Crippen molar-refractivity contribution in [2.24, 2.45) is 10.3 Å². The van der Waals surface area contributed by atoms with E-state index in [0.29, 0.717) is 17.3 Å². The Hall–Kier alpha value is -2.73. The average Bonchev–Trinajstić information content (AvgIpc) is 3.10. The largest absolute Gasteiger partial charge is 0.271 e. The van der Waals surface area contributed by atoms with Gasteiger partial charge in [-0.1, -0.05) is 46.7 Å². The van der Waals surface area contributed by atoms with Crippen molar-refractivity contribution in [1.82, 2.24) is 5.01 Å². The Balaban J connectivity index is 1.60. The van der Waals surface area contributed by atoms with E-state index in [1.807, 2.05) is 31.2 Å². The molecule has 2 aliphatic heterocycles. The van der Waals surface area contributed by atoms with Gasteiger partial charge in [-0.3, -0.25) is 14.6 Å². The molecule has 0 aliphatic carbocycles. The second-order valence-electron chi connectivity index (χ2n) is 6.17. The van der Waals surface area contributed by atoms with Crippen LogP contribution in [0.4, 0.5) is 5.69 Å². The first kappa shape index (κ1) is 15.8. The molecule has 0 saturated carbocycles. The van der Waals surface area contributed by atoms with Gasteiger partial charge in [0.25, 0.3) is 11.8 Å². The number of hydrogen-bond donors (Lipinski definition) is 0. The van der Waals surface area contributed by atoms with Crippen molar-refractivity contribution in [3.63, 3.8) is 0 Å². The summed E-state index contributed by atoms with van der Waals surface area (Å²) in [4.78, 5) is 26.7. The molecule has 6 nitrogen and oxygen atoms in total. The zero-order chi connectivity index (χ0) is 17.6. The second kappa shape index (κ2) is 5.97. The molecular weight excluding hydrogens is 340 g/mol. The molecule has 2 amide bonds. The molecule has 7 heteroatoms. The predicted octanol–water partition coefficient (Wildman–Crippen LogP) is 3.14. The Labute approximate surface area is 149 Å². The standard InChI is InChI=1S/C18H15ClN4O2/c1-11-3-2-4-12(9-11)10-22-16-15(20-21-22)17(24)23(18(16)25)14-7-5-13(19)6-8-14/h2-9,15-16H,10H2,1H3/t15-,16-/m1/s1. The number of aryl methyl sites for hydroxylation is 1. The first-order chi connectivity index (χ1) is 12.0. The highest BCUT2D eigenvalue weighted by Gasteiger charge is 2.54. The molecule has 2 aliphatic rings. The van der Waals surface area contributed by atoms with E-state index in [9.17, 15) is 9.59 Å². The Morgan fingerprint density at radius 2 is 1.84 bits per heavy atom. The molecule has 1 fully saturated rings. The van der Waals surface area contributed by atoms with Crippen LogP contribution >= 0.6 is 11.6 Å². The summed E-state index contributed by atoms with van der Waals surface area (Å²) in [6, 6.07) is 13.1. The van der Waals surface area contributed by atoms with Gasteiger partial charge in [0, 0.05) is 5.02 Å². The van der Waals surface area contributed by atoms with Gasteiger partial charge in [0.2, 0.25) is 0 Å². The van der Waals surface area contributed by atoms with Crippen LogP contribution in [0.3, 0.4) is 0 Å². The summed E-state index contributed by atoms with van der Waals surface area (Å²) in [6.07, 6.45) is 0. The van der Waals surface area contributed by atoms with Crippen LogP contribution in [0.5, 0.6) is 0 Å². The molecule has 0 unspecified atom stereocenters. The average molecular weight is 355 g/mol. The summed E-state index contributed by atoms with van der Waals surface area (Å²) < 4.78 is 0. The third-order valence-electron chi connectivity index (χ3n) is 4.37. The quantitative estimate of drug-likeness (QED) is 0.795. The summed E-state index contributed by atoms with van der Waals surface area (Å²) in [6.45, 7) is 2.43. The molecule has 0 aromatic heterocycles. The fourth-order valence-electron chi connectivity index (χ4n) is 3.20. The third-order valence-corrected chi connectivity index (χ3v) is 4.62. The van der Waals surface area contributed by atoms with Crippen molar-refractivity contribution in [1.29, 1.82) is 0 Å². The van der Waals surface area contributed by atoms with E-state index in [1.54, 1.807) is 29.3 Å². The number of amides is 2. The number of imide groups is 1. The summed E-state index contributed by atoms with van der Waals surface area (Å²) in [5.74, 6) is -0.664. The van der Waals surface area contributed by atoms with E-state index in [0.717, 1.165) is 11.1 Å². The van der Waals surface area contributed by atoms with Crippen molar-refractivity contribution < 1.29 is 9.59 Å². The maximum Gasteiger partial charge on any atom is 0.263 e. The summed E-state index contributed by atoms with van der Waals surface area (Å²) in [5.41, 5.74) is 2.64. The maximum absolute atomic E-state index is 12.9. The number of benzene rings is 2. The molecule has 0 bridgehead atoms. The minimum atomic E-state index is -0.784. The summed E-state index contributed by atoms with van der Waals surface area (Å²) >= 11 is 5.88. The topological polar surface area (TPSA) is 65.3 Å². The Bertz CT molecular complexity index is 881. The second-order valence-corrected chi connectivity index (χ2v) is 6.61. The predicted molar refractivity (Wildman–Crippen MR) is 93.1 cm³/mol. The van der Waals surface area contributed by atoms with Gasteiger partial charge in [0.05, 0.1) is 12.2 Å². The van der Waals surface area contributed by atoms with Gasteiger partial charge >= 0.3 is 0 Å². The molecule has 2 aromatic rings. The molecule has 1 saturated heterocycles. The highest BCUT2D eigenvalue weighted by atomic mass is 35.5. The molecule has 2 heterocycles. The first-order valence-electron chi connectivity index (χ1n) is 7.91. The van der Waals surface area contributed by atoms with Gasteiger partial charge in [-0.05, 0) is 36.8 Å². The van der Waals surface area contributed by atoms with Crippen molar-refractivity contribution in [2.75, 3.05) is 4.90 Å². The van der Waals surface area contributed by atoms with E-state index in [4.69, 9.17) is 11.6 Å². The van der Waals surface area contributed by atoms with Gasteiger partial charge in [-0.15, -0.1) is 0 Å². The first-order valence-corrected chi connectivity index (χ1v) is 8.29. The molecule has 2 atom stereocenters. The number of fused-ring (bicyclic) bond motifs is 1. The van der Waals surface area contributed by atoms with E-state index in [-0.39, 0.29) is 11.8 Å². The fraction of sp³-hybridized carbons (Fsp3) is 0.222. The summed E-state index contributed by atoms with van der Waals surface area (Å²) in [5, 5.41) is 10.2. The molecule has 0 spiro atoms. The lowest BCUT2D eigenvalue weighted by atomic mass is 10.1. The zero-order valence-electron chi connectivity index (χ0n) is 13.5. The molecule has 0 radical (unpaired) electrons. The van der Waals surface area contributed by atoms with Gasteiger partial charge in [0.15, 0.2) is 12.1 Å². The van der Waals surface area contributed by atoms with Crippen molar-refractivity contribution >= 4 is 29.1 Å². The zero-order valence-corrected chi connectivity index (χ0v) is 14.2. The van der Waals surface area contributed by atoms with Gasteiger partial charge in [-0.25, -0.2) is 4.90 Å². The third kappa shape index (κ3) is 2.68. The van der Waals surface area contributed by atoms with E-state index in [2.05, 4.69) is 10.3 Å². The smallest absolute Gasteiger partial charge is 0.263 e. The minimum absolute atomic E-state index is 0.310. The molecule has 4 rings (SSSR count). The van der Waals surface area contributed by atoms with E-state index < -0.39 is 12.1 Å². The Morgan fingerprint density at radius 3 is 2.56 bits per heavy atom. The van der Waals surface area contributed by atoms with Crippen LogP contribution < -0.4 is 4.90 Å². The van der Waals surface area contributed by atoms with Gasteiger partial charge in [0.1, 0.15) is 0 Å². The van der Waals surface area contributed by atoms with Crippen LogP contribution in [0.25, 0.3) is 0 Å². The van der Waals surface area contributed by atoms with Crippen LogP contribution in [0.2, 0.25) is 5.02 Å². The van der Waals surface area contributed by atoms with E-state index >= 15 is 0 Å². The minimum Gasteiger partial charge on any atom is -0.271 e. The normalized spacial score (nSPS) is 22.0. The van der Waals surface area contributed by atoms with Crippen LogP contribution in [-0.4, -0.2) is 28.9 Å². The fourth-order valence-corrected chi connectivity index (χ4v) is 3.32. The highest BCUT2D eigenvalue weighted by Crippen LogP contribution is 2.33. The molecule has 126 valence electrons. The van der Waals surface area contributed by atoms with Crippen molar-refractivity contribution in [3.8, 4) is 0 Å². The van der Waals surface area contributed by atoms with Gasteiger partial charge < -0.3 is 0 Å².